The highest BCUT2D eigenvalue weighted by Gasteiger charge is 2.24. The van der Waals surface area contributed by atoms with Crippen molar-refractivity contribution in [1.29, 1.82) is 0 Å². The number of piperazine rings is 1. The molecule has 0 radical (unpaired) electrons. The average Bonchev–Trinajstić information content (AvgIpc) is 2.94. The standard InChI is InChI=1S/C29H28FN3O4/c1-35-27-16-22-24(17-28(27)36-2)31-9-8-26(22)37-29-23(30)14-21(19-34)15-25(29)33-12-10-32(11-13-33)18-20-6-4-3-5-7-20/h3-9,14-17,19H,10-13,18H2,1-2H3. The maximum absolute atomic E-state index is 15.4. The Morgan fingerprint density at radius 2 is 1.65 bits per heavy atom. The second-order valence-electron chi connectivity index (χ2n) is 8.85. The Morgan fingerprint density at radius 3 is 2.35 bits per heavy atom. The van der Waals surface area contributed by atoms with Crippen LogP contribution in [0.5, 0.6) is 23.0 Å². The lowest BCUT2D eigenvalue weighted by Crippen LogP contribution is -2.46. The Labute approximate surface area is 215 Å². The molecule has 1 aromatic heterocycles. The summed E-state index contributed by atoms with van der Waals surface area (Å²) in [5.74, 6) is 0.948. The molecule has 0 bridgehead atoms. The van der Waals surface area contributed by atoms with Gasteiger partial charge in [0.25, 0.3) is 0 Å². The third-order valence-corrected chi connectivity index (χ3v) is 6.56. The van der Waals surface area contributed by atoms with Gasteiger partial charge >= 0.3 is 0 Å². The number of aldehydes is 1. The minimum atomic E-state index is -0.600. The number of nitrogens with zero attached hydrogens (tertiary/aromatic N) is 3. The van der Waals surface area contributed by atoms with Crippen molar-refractivity contribution in [2.45, 2.75) is 6.54 Å². The molecule has 8 heteroatoms. The Bertz CT molecular complexity index is 1410. The summed E-state index contributed by atoms with van der Waals surface area (Å²) >= 11 is 0. The van der Waals surface area contributed by atoms with Crippen LogP contribution in [0.25, 0.3) is 10.9 Å². The number of aromatic nitrogens is 1. The molecule has 0 unspecified atom stereocenters. The minimum Gasteiger partial charge on any atom is -0.493 e. The van der Waals surface area contributed by atoms with Crippen LogP contribution >= 0.6 is 0 Å². The number of benzene rings is 3. The highest BCUT2D eigenvalue weighted by atomic mass is 19.1. The van der Waals surface area contributed by atoms with E-state index >= 15 is 4.39 Å². The predicted molar refractivity (Wildman–Crippen MR) is 141 cm³/mol. The molecule has 1 aliphatic heterocycles. The topological polar surface area (TPSA) is 64.1 Å². The highest BCUT2D eigenvalue weighted by Crippen LogP contribution is 2.41. The van der Waals surface area contributed by atoms with Gasteiger partial charge in [0.1, 0.15) is 12.0 Å². The van der Waals surface area contributed by atoms with E-state index in [9.17, 15) is 4.79 Å². The first-order valence-electron chi connectivity index (χ1n) is 12.1. The van der Waals surface area contributed by atoms with Crippen molar-refractivity contribution in [3.8, 4) is 23.0 Å². The molecular formula is C29H28FN3O4. The minimum absolute atomic E-state index is 0.0735. The lowest BCUT2D eigenvalue weighted by molar-refractivity contribution is 0.112. The summed E-state index contributed by atoms with van der Waals surface area (Å²) in [6.45, 7) is 3.81. The van der Waals surface area contributed by atoms with Crippen LogP contribution in [0.1, 0.15) is 15.9 Å². The fourth-order valence-corrected chi connectivity index (χ4v) is 4.64. The van der Waals surface area contributed by atoms with Gasteiger partial charge < -0.3 is 19.1 Å². The van der Waals surface area contributed by atoms with Gasteiger partial charge in [-0.05, 0) is 29.8 Å². The zero-order valence-corrected chi connectivity index (χ0v) is 20.8. The third kappa shape index (κ3) is 5.20. The molecule has 0 spiro atoms. The third-order valence-electron chi connectivity index (χ3n) is 6.56. The summed E-state index contributed by atoms with van der Waals surface area (Å²) < 4.78 is 32.4. The van der Waals surface area contributed by atoms with Crippen LogP contribution in [0, 0.1) is 5.82 Å². The van der Waals surface area contributed by atoms with Gasteiger partial charge in [0.2, 0.25) is 0 Å². The first-order chi connectivity index (χ1) is 18.1. The van der Waals surface area contributed by atoms with E-state index in [0.29, 0.717) is 53.2 Å². The summed E-state index contributed by atoms with van der Waals surface area (Å²) in [5.41, 5.74) is 2.69. The van der Waals surface area contributed by atoms with Crippen LogP contribution in [-0.4, -0.2) is 56.6 Å². The molecule has 0 aliphatic carbocycles. The first kappa shape index (κ1) is 24.5. The van der Waals surface area contributed by atoms with Crippen molar-refractivity contribution in [2.75, 3.05) is 45.3 Å². The lowest BCUT2D eigenvalue weighted by Gasteiger charge is -2.37. The second-order valence-corrected chi connectivity index (χ2v) is 8.85. The second kappa shape index (κ2) is 10.8. The van der Waals surface area contributed by atoms with Gasteiger partial charge in [0.15, 0.2) is 23.1 Å². The van der Waals surface area contributed by atoms with Gasteiger partial charge in [-0.2, -0.15) is 0 Å². The van der Waals surface area contributed by atoms with Gasteiger partial charge in [-0.3, -0.25) is 14.7 Å². The number of fused-ring (bicyclic) bond motifs is 1. The number of pyridine rings is 1. The van der Waals surface area contributed by atoms with Gasteiger partial charge in [-0.25, -0.2) is 4.39 Å². The molecule has 0 saturated carbocycles. The number of methoxy groups -OCH3 is 2. The maximum atomic E-state index is 15.4. The fourth-order valence-electron chi connectivity index (χ4n) is 4.64. The summed E-state index contributed by atoms with van der Waals surface area (Å²) in [6, 6.07) is 18.4. The maximum Gasteiger partial charge on any atom is 0.186 e. The van der Waals surface area contributed by atoms with Crippen LogP contribution in [0.2, 0.25) is 0 Å². The Morgan fingerprint density at radius 1 is 0.919 bits per heavy atom. The van der Waals surface area contributed by atoms with E-state index in [0.717, 1.165) is 19.6 Å². The number of rotatable bonds is 8. The number of hydrogen-bond donors (Lipinski definition) is 0. The summed E-state index contributed by atoms with van der Waals surface area (Å²) in [4.78, 5) is 20.4. The van der Waals surface area contributed by atoms with E-state index in [-0.39, 0.29) is 11.3 Å². The zero-order valence-electron chi connectivity index (χ0n) is 20.8. The number of hydrogen-bond acceptors (Lipinski definition) is 7. The van der Waals surface area contributed by atoms with Crippen molar-refractivity contribution in [3.63, 3.8) is 0 Å². The largest absolute Gasteiger partial charge is 0.493 e. The van der Waals surface area contributed by atoms with E-state index in [1.165, 1.54) is 11.6 Å². The van der Waals surface area contributed by atoms with Crippen molar-refractivity contribution in [3.05, 3.63) is 83.8 Å². The number of anilines is 1. The Balaban J connectivity index is 1.45. The number of carbonyl (C=O) groups excluding carboxylic acids is 1. The zero-order chi connectivity index (χ0) is 25.8. The van der Waals surface area contributed by atoms with Gasteiger partial charge in [-0.15, -0.1) is 0 Å². The van der Waals surface area contributed by atoms with E-state index in [1.54, 1.807) is 44.7 Å². The molecule has 0 N–H and O–H groups in total. The average molecular weight is 502 g/mol. The van der Waals surface area contributed by atoms with Crippen LogP contribution in [0.4, 0.5) is 10.1 Å². The molecular weight excluding hydrogens is 473 g/mol. The summed E-state index contributed by atoms with van der Waals surface area (Å²) in [7, 11) is 3.10. The van der Waals surface area contributed by atoms with Crippen LogP contribution in [0.3, 0.4) is 0 Å². The van der Waals surface area contributed by atoms with Crippen LogP contribution in [0.15, 0.2) is 66.9 Å². The monoisotopic (exact) mass is 501 g/mol. The predicted octanol–water partition coefficient (Wildman–Crippen LogP) is 5.32. The number of halogens is 1. The van der Waals surface area contributed by atoms with Gasteiger partial charge in [0, 0.05) is 55.9 Å². The highest BCUT2D eigenvalue weighted by molar-refractivity contribution is 5.89. The quantitative estimate of drug-likeness (QED) is 0.303. The normalized spacial score (nSPS) is 14.0. The van der Waals surface area contributed by atoms with Crippen LogP contribution < -0.4 is 19.1 Å². The molecule has 2 heterocycles. The molecule has 0 amide bonds. The van der Waals surface area contributed by atoms with E-state index in [1.807, 2.05) is 18.2 Å². The first-order valence-corrected chi connectivity index (χ1v) is 12.1. The molecule has 5 rings (SSSR count). The summed E-state index contributed by atoms with van der Waals surface area (Å²) in [5, 5.41) is 0.651. The molecule has 37 heavy (non-hydrogen) atoms. The van der Waals surface area contributed by atoms with Crippen molar-refractivity contribution < 1.29 is 23.4 Å². The Hall–Kier alpha value is -4.17. The van der Waals surface area contributed by atoms with Crippen LogP contribution in [-0.2, 0) is 6.54 Å². The smallest absolute Gasteiger partial charge is 0.186 e. The SMILES string of the molecule is COc1cc2nccc(Oc3c(F)cc(C=O)cc3N3CCN(Cc4ccccc4)CC3)c2cc1OC. The number of carbonyl (C=O) groups is 1. The lowest BCUT2D eigenvalue weighted by atomic mass is 10.1. The molecule has 4 aromatic rings. The molecule has 3 aromatic carbocycles. The Kier molecular flexibility index (Phi) is 7.18. The molecule has 190 valence electrons. The van der Waals surface area contributed by atoms with E-state index < -0.39 is 5.82 Å². The number of ether oxygens (including phenoxy) is 3. The molecule has 1 saturated heterocycles. The summed E-state index contributed by atoms with van der Waals surface area (Å²) in [6.07, 6.45) is 2.25. The molecule has 1 aliphatic rings. The van der Waals surface area contributed by atoms with Gasteiger partial charge in [-0.1, -0.05) is 30.3 Å². The molecule has 7 nitrogen and oxygen atoms in total. The van der Waals surface area contributed by atoms with Crippen molar-refractivity contribution in [1.82, 2.24) is 9.88 Å². The van der Waals surface area contributed by atoms with E-state index in [4.69, 9.17) is 14.2 Å². The molecule has 0 atom stereocenters. The van der Waals surface area contributed by atoms with E-state index in [2.05, 4.69) is 26.9 Å². The van der Waals surface area contributed by atoms with Crippen molar-refractivity contribution >= 4 is 22.9 Å². The fraction of sp³-hybridized carbons (Fsp3) is 0.241. The van der Waals surface area contributed by atoms with Gasteiger partial charge in [0.05, 0.1) is 25.4 Å². The molecule has 1 fully saturated rings. The van der Waals surface area contributed by atoms with Crippen molar-refractivity contribution in [2.24, 2.45) is 0 Å².